The van der Waals surface area contributed by atoms with Crippen molar-refractivity contribution in [2.75, 3.05) is 29.8 Å². The lowest BCUT2D eigenvalue weighted by Gasteiger charge is -2.33. The van der Waals surface area contributed by atoms with Gasteiger partial charge in [-0.15, -0.1) is 0 Å². The molecule has 0 unspecified atom stereocenters. The first-order chi connectivity index (χ1) is 12.9. The van der Waals surface area contributed by atoms with Crippen LogP contribution in [0.2, 0.25) is 0 Å². The van der Waals surface area contributed by atoms with Crippen molar-refractivity contribution < 1.29 is 17.7 Å². The summed E-state index contributed by atoms with van der Waals surface area (Å²) in [6.45, 7) is 0.935. The largest absolute Gasteiger partial charge is 0.356 e. The Balaban J connectivity index is 1.52. The van der Waals surface area contributed by atoms with Crippen LogP contribution >= 0.6 is 0 Å². The lowest BCUT2D eigenvalue weighted by Crippen LogP contribution is -2.47. The Morgan fingerprint density at radius 2 is 1.93 bits per heavy atom. The summed E-state index contributed by atoms with van der Waals surface area (Å²) in [6.07, 6.45) is 2.35. The fourth-order valence-electron chi connectivity index (χ4n) is 3.02. The van der Waals surface area contributed by atoms with Crippen molar-refractivity contribution in [2.24, 2.45) is 0 Å². The highest BCUT2D eigenvalue weighted by molar-refractivity contribution is 7.90. The number of nitrogens with one attached hydrogen (secondary N) is 1. The predicted molar refractivity (Wildman–Crippen MR) is 102 cm³/mol. The Hall–Kier alpha value is -2.91. The molecule has 0 saturated carbocycles. The molecule has 1 N–H and O–H groups in total. The summed E-state index contributed by atoms with van der Waals surface area (Å²) in [7, 11) is -1.94. The number of anilines is 2. The smallest absolute Gasteiger partial charge is 0.303 e. The minimum Gasteiger partial charge on any atom is -0.356 e. The standard InChI is InChI=1S/C18H18N4O4S/c1-21-9-2-10-22(27(21,24)25)16-7-4-13(5-8-16)18(23)20-15-6-3-14-12-19-26-17(14)11-15/h3-8,11-12H,2,9-10H2,1H3,(H,20,23). The number of nitrogens with zero attached hydrogens (tertiary/aromatic N) is 3. The second-order valence-electron chi connectivity index (χ2n) is 6.33. The second kappa shape index (κ2) is 6.67. The molecule has 27 heavy (non-hydrogen) atoms. The van der Waals surface area contributed by atoms with E-state index in [1.54, 1.807) is 49.6 Å². The molecule has 1 amide bonds. The van der Waals surface area contributed by atoms with E-state index in [9.17, 15) is 13.2 Å². The van der Waals surface area contributed by atoms with Gasteiger partial charge in [0.25, 0.3) is 5.91 Å². The maximum atomic E-state index is 12.5. The minimum atomic E-state index is -3.50. The molecule has 0 spiro atoms. The van der Waals surface area contributed by atoms with E-state index in [2.05, 4.69) is 10.5 Å². The third-order valence-electron chi connectivity index (χ3n) is 4.54. The number of aromatic nitrogens is 1. The fraction of sp³-hybridized carbons (Fsp3) is 0.222. The fourth-order valence-corrected chi connectivity index (χ4v) is 4.46. The number of carbonyl (C=O) groups is 1. The molecule has 140 valence electrons. The van der Waals surface area contributed by atoms with E-state index in [4.69, 9.17) is 4.52 Å². The van der Waals surface area contributed by atoms with Gasteiger partial charge < -0.3 is 9.84 Å². The van der Waals surface area contributed by atoms with Crippen molar-refractivity contribution in [3.63, 3.8) is 0 Å². The summed E-state index contributed by atoms with van der Waals surface area (Å²) >= 11 is 0. The quantitative estimate of drug-likeness (QED) is 0.746. The van der Waals surface area contributed by atoms with E-state index in [-0.39, 0.29) is 5.91 Å². The first-order valence-corrected chi connectivity index (χ1v) is 9.85. The van der Waals surface area contributed by atoms with E-state index in [1.807, 2.05) is 6.07 Å². The lowest BCUT2D eigenvalue weighted by atomic mass is 10.1. The molecule has 1 aromatic heterocycles. The summed E-state index contributed by atoms with van der Waals surface area (Å²) in [6, 6.07) is 11.8. The predicted octanol–water partition coefficient (Wildman–Crippen LogP) is 2.47. The van der Waals surface area contributed by atoms with Gasteiger partial charge in [-0.05, 0) is 42.8 Å². The molecule has 2 aromatic carbocycles. The average molecular weight is 386 g/mol. The Labute approximate surface area is 156 Å². The van der Waals surface area contributed by atoms with Crippen molar-refractivity contribution in [2.45, 2.75) is 6.42 Å². The molecule has 0 atom stereocenters. The van der Waals surface area contributed by atoms with Gasteiger partial charge in [-0.1, -0.05) is 5.16 Å². The summed E-state index contributed by atoms with van der Waals surface area (Å²) in [5, 5.41) is 7.35. The van der Waals surface area contributed by atoms with Crippen LogP contribution in [0.15, 0.2) is 53.2 Å². The van der Waals surface area contributed by atoms with Crippen molar-refractivity contribution in [1.29, 1.82) is 0 Å². The minimum absolute atomic E-state index is 0.293. The van der Waals surface area contributed by atoms with E-state index >= 15 is 0 Å². The van der Waals surface area contributed by atoms with E-state index in [1.165, 1.54) is 8.61 Å². The Kier molecular flexibility index (Phi) is 4.33. The Bertz CT molecular complexity index is 1090. The highest BCUT2D eigenvalue weighted by atomic mass is 32.2. The molecule has 0 aliphatic carbocycles. The number of hydrogen-bond acceptors (Lipinski definition) is 5. The van der Waals surface area contributed by atoms with Gasteiger partial charge in [-0.3, -0.25) is 9.10 Å². The van der Waals surface area contributed by atoms with Crippen molar-refractivity contribution in [1.82, 2.24) is 9.46 Å². The third-order valence-corrected chi connectivity index (χ3v) is 6.46. The SMILES string of the molecule is CN1CCCN(c2ccc(C(=O)Nc3ccc4cnoc4c3)cc2)S1(=O)=O. The van der Waals surface area contributed by atoms with E-state index in [0.29, 0.717) is 35.6 Å². The monoisotopic (exact) mass is 386 g/mol. The van der Waals surface area contributed by atoms with Crippen LogP contribution in [0, 0.1) is 0 Å². The van der Waals surface area contributed by atoms with Crippen LogP contribution in [0.5, 0.6) is 0 Å². The van der Waals surface area contributed by atoms with Gasteiger partial charge in [-0.2, -0.15) is 12.7 Å². The number of carbonyl (C=O) groups excluding carboxylic acids is 1. The number of hydrogen-bond donors (Lipinski definition) is 1. The van der Waals surface area contributed by atoms with E-state index in [0.717, 1.165) is 11.8 Å². The van der Waals surface area contributed by atoms with Gasteiger partial charge in [0.1, 0.15) is 0 Å². The molecule has 4 rings (SSSR count). The number of fused-ring (bicyclic) bond motifs is 1. The van der Waals surface area contributed by atoms with Crippen LogP contribution in [0.4, 0.5) is 11.4 Å². The lowest BCUT2D eigenvalue weighted by molar-refractivity contribution is 0.102. The van der Waals surface area contributed by atoms with Crippen molar-refractivity contribution >= 4 is 38.5 Å². The molecule has 1 aliphatic rings. The van der Waals surface area contributed by atoms with Gasteiger partial charge in [0, 0.05) is 42.8 Å². The molecule has 2 heterocycles. The van der Waals surface area contributed by atoms with Gasteiger partial charge in [0.05, 0.1) is 11.9 Å². The molecule has 8 nitrogen and oxygen atoms in total. The van der Waals surface area contributed by atoms with Crippen LogP contribution < -0.4 is 9.62 Å². The molecule has 0 radical (unpaired) electrons. The molecule has 1 fully saturated rings. The van der Waals surface area contributed by atoms with Crippen molar-refractivity contribution in [3.8, 4) is 0 Å². The molecular formula is C18H18N4O4S. The maximum absolute atomic E-state index is 12.5. The van der Waals surface area contributed by atoms with Gasteiger partial charge in [0.2, 0.25) is 0 Å². The molecule has 1 saturated heterocycles. The van der Waals surface area contributed by atoms with Crippen LogP contribution in [0.25, 0.3) is 11.0 Å². The molecule has 0 bridgehead atoms. The summed E-state index contributed by atoms with van der Waals surface area (Å²) in [5.41, 5.74) is 2.15. The number of rotatable bonds is 3. The Morgan fingerprint density at radius 1 is 1.15 bits per heavy atom. The van der Waals surface area contributed by atoms with Crippen LogP contribution in [-0.2, 0) is 10.2 Å². The zero-order chi connectivity index (χ0) is 19.0. The summed E-state index contributed by atoms with van der Waals surface area (Å²) in [4.78, 5) is 12.5. The zero-order valence-electron chi connectivity index (χ0n) is 14.6. The first-order valence-electron chi connectivity index (χ1n) is 8.45. The van der Waals surface area contributed by atoms with Crippen LogP contribution in [0.1, 0.15) is 16.8 Å². The topological polar surface area (TPSA) is 95.8 Å². The van der Waals surface area contributed by atoms with Gasteiger partial charge in [-0.25, -0.2) is 0 Å². The second-order valence-corrected chi connectivity index (χ2v) is 8.29. The Morgan fingerprint density at radius 3 is 2.70 bits per heavy atom. The number of benzene rings is 2. The van der Waals surface area contributed by atoms with Gasteiger partial charge in [0.15, 0.2) is 5.58 Å². The number of amides is 1. The van der Waals surface area contributed by atoms with Gasteiger partial charge >= 0.3 is 10.2 Å². The summed E-state index contributed by atoms with van der Waals surface area (Å²) < 4.78 is 32.6. The molecule has 1 aliphatic heterocycles. The molecule has 9 heteroatoms. The normalized spacial score (nSPS) is 17.1. The molecule has 3 aromatic rings. The van der Waals surface area contributed by atoms with Crippen LogP contribution in [0.3, 0.4) is 0 Å². The van der Waals surface area contributed by atoms with E-state index < -0.39 is 10.2 Å². The average Bonchev–Trinajstić information content (AvgIpc) is 3.12. The highest BCUT2D eigenvalue weighted by Crippen LogP contribution is 2.24. The maximum Gasteiger partial charge on any atom is 0.303 e. The molecular weight excluding hydrogens is 368 g/mol. The van der Waals surface area contributed by atoms with Crippen LogP contribution in [-0.4, -0.2) is 43.9 Å². The zero-order valence-corrected chi connectivity index (χ0v) is 15.4. The van der Waals surface area contributed by atoms with Crippen molar-refractivity contribution in [3.05, 3.63) is 54.2 Å². The highest BCUT2D eigenvalue weighted by Gasteiger charge is 2.30. The third kappa shape index (κ3) is 3.26. The first kappa shape index (κ1) is 17.5. The summed E-state index contributed by atoms with van der Waals surface area (Å²) in [5.74, 6) is -0.293.